The van der Waals surface area contributed by atoms with Crippen LogP contribution < -0.4 is 5.32 Å². The van der Waals surface area contributed by atoms with Crippen LogP contribution in [0.4, 0.5) is 5.82 Å². The summed E-state index contributed by atoms with van der Waals surface area (Å²) >= 11 is 6.13. The molecule has 3 aliphatic carbocycles. The summed E-state index contributed by atoms with van der Waals surface area (Å²) < 4.78 is 2.26. The Kier molecular flexibility index (Phi) is 4.30. The number of hydrogen-bond acceptors (Lipinski definition) is 4. The van der Waals surface area contributed by atoms with Crippen molar-refractivity contribution in [3.8, 4) is 0 Å². The van der Waals surface area contributed by atoms with Crippen LogP contribution in [0.3, 0.4) is 0 Å². The minimum absolute atomic E-state index is 0.280. The van der Waals surface area contributed by atoms with Gasteiger partial charge in [0.25, 0.3) is 0 Å². The zero-order valence-corrected chi connectivity index (χ0v) is 16.1. The maximum absolute atomic E-state index is 6.13. The van der Waals surface area contributed by atoms with Crippen LogP contribution in [-0.4, -0.2) is 26.1 Å². The number of nitrogens with one attached hydrogen (secondary N) is 1. The van der Waals surface area contributed by atoms with Gasteiger partial charge in [0.05, 0.1) is 6.33 Å². The van der Waals surface area contributed by atoms with Gasteiger partial charge >= 0.3 is 0 Å². The molecule has 0 aliphatic heterocycles. The van der Waals surface area contributed by atoms with Crippen LogP contribution in [0.15, 0.2) is 6.33 Å². The number of halogens is 1. The predicted octanol–water partition coefficient (Wildman–Crippen LogP) is 5.05. The summed E-state index contributed by atoms with van der Waals surface area (Å²) in [6.07, 6.45) is 15.7. The van der Waals surface area contributed by atoms with Gasteiger partial charge in [-0.2, -0.15) is 9.97 Å². The Labute approximate surface area is 160 Å². The van der Waals surface area contributed by atoms with E-state index in [1.165, 1.54) is 64.2 Å². The van der Waals surface area contributed by atoms with Gasteiger partial charge < -0.3 is 9.88 Å². The predicted molar refractivity (Wildman–Crippen MR) is 104 cm³/mol. The van der Waals surface area contributed by atoms with E-state index in [2.05, 4.69) is 24.8 Å². The molecule has 5 nitrogen and oxygen atoms in total. The molecule has 1 N–H and O–H groups in total. The largest absolute Gasteiger partial charge is 0.368 e. The summed E-state index contributed by atoms with van der Waals surface area (Å²) in [6.45, 7) is 1.97. The lowest BCUT2D eigenvalue weighted by Crippen LogP contribution is -2.20. The SMILES string of the molecule is Clc1nc(NCCC2CCC2)c2c(ncn2CC2CCC3(CC2)CC3)n1. The molecule has 6 heteroatoms. The van der Waals surface area contributed by atoms with Gasteiger partial charge in [-0.15, -0.1) is 0 Å². The number of aromatic nitrogens is 4. The van der Waals surface area contributed by atoms with Crippen LogP contribution in [0.2, 0.25) is 5.28 Å². The van der Waals surface area contributed by atoms with Gasteiger partial charge in [0.1, 0.15) is 5.52 Å². The molecule has 0 aromatic carbocycles. The second kappa shape index (κ2) is 6.66. The van der Waals surface area contributed by atoms with Crippen LogP contribution in [0.1, 0.15) is 64.2 Å². The smallest absolute Gasteiger partial charge is 0.226 e. The highest BCUT2D eigenvalue weighted by Crippen LogP contribution is 2.57. The fraction of sp³-hybridized carbons (Fsp3) is 0.750. The van der Waals surface area contributed by atoms with Gasteiger partial charge in [0, 0.05) is 13.1 Å². The zero-order valence-electron chi connectivity index (χ0n) is 15.4. The summed E-state index contributed by atoms with van der Waals surface area (Å²) in [5.41, 5.74) is 2.48. The Morgan fingerprint density at radius 3 is 2.58 bits per heavy atom. The molecule has 26 heavy (non-hydrogen) atoms. The monoisotopic (exact) mass is 373 g/mol. The lowest BCUT2D eigenvalue weighted by molar-refractivity contribution is 0.238. The van der Waals surface area contributed by atoms with E-state index in [9.17, 15) is 0 Å². The van der Waals surface area contributed by atoms with Gasteiger partial charge in [-0.05, 0) is 73.8 Å². The lowest BCUT2D eigenvalue weighted by Gasteiger charge is -2.28. The molecule has 140 valence electrons. The van der Waals surface area contributed by atoms with Crippen LogP contribution in [0, 0.1) is 17.3 Å². The molecular weight excluding hydrogens is 346 g/mol. The molecule has 5 rings (SSSR count). The molecule has 0 amide bonds. The fourth-order valence-electron chi connectivity index (χ4n) is 4.82. The molecule has 3 aliphatic rings. The maximum Gasteiger partial charge on any atom is 0.226 e. The highest BCUT2D eigenvalue weighted by Gasteiger charge is 2.44. The number of rotatable bonds is 6. The molecule has 0 radical (unpaired) electrons. The number of hydrogen-bond donors (Lipinski definition) is 1. The maximum atomic E-state index is 6.13. The quantitative estimate of drug-likeness (QED) is 0.719. The molecule has 2 aromatic heterocycles. The Morgan fingerprint density at radius 1 is 1.08 bits per heavy atom. The van der Waals surface area contributed by atoms with Crippen LogP contribution >= 0.6 is 11.6 Å². The average Bonchev–Trinajstić information content (AvgIpc) is 3.23. The van der Waals surface area contributed by atoms with Crippen molar-refractivity contribution in [2.24, 2.45) is 17.3 Å². The molecule has 2 heterocycles. The van der Waals surface area contributed by atoms with E-state index < -0.39 is 0 Å². The number of fused-ring (bicyclic) bond motifs is 1. The van der Waals surface area contributed by atoms with Crippen molar-refractivity contribution in [1.82, 2.24) is 19.5 Å². The Bertz CT molecular complexity index is 783. The van der Waals surface area contributed by atoms with Crippen LogP contribution in [-0.2, 0) is 6.54 Å². The lowest BCUT2D eigenvalue weighted by atomic mass is 9.80. The van der Waals surface area contributed by atoms with E-state index in [1.807, 2.05) is 6.33 Å². The molecule has 0 saturated heterocycles. The Morgan fingerprint density at radius 2 is 1.88 bits per heavy atom. The molecule has 3 saturated carbocycles. The third kappa shape index (κ3) is 3.30. The van der Waals surface area contributed by atoms with Gasteiger partial charge in [-0.25, -0.2) is 4.98 Å². The second-order valence-electron chi connectivity index (χ2n) is 8.87. The Balaban J connectivity index is 1.31. The Hall–Kier alpha value is -1.36. The fourth-order valence-corrected chi connectivity index (χ4v) is 4.98. The minimum Gasteiger partial charge on any atom is -0.368 e. The number of nitrogens with zero attached hydrogens (tertiary/aromatic N) is 4. The normalized spacial score (nSPS) is 22.7. The minimum atomic E-state index is 0.280. The molecule has 0 atom stereocenters. The molecule has 0 bridgehead atoms. The second-order valence-corrected chi connectivity index (χ2v) is 9.20. The highest BCUT2D eigenvalue weighted by molar-refractivity contribution is 6.28. The third-order valence-corrected chi connectivity index (χ3v) is 7.26. The van der Waals surface area contributed by atoms with Crippen LogP contribution in [0.5, 0.6) is 0 Å². The van der Waals surface area contributed by atoms with E-state index in [4.69, 9.17) is 11.6 Å². The highest BCUT2D eigenvalue weighted by atomic mass is 35.5. The van der Waals surface area contributed by atoms with E-state index in [-0.39, 0.29) is 5.28 Å². The van der Waals surface area contributed by atoms with Crippen molar-refractivity contribution in [2.45, 2.75) is 70.8 Å². The van der Waals surface area contributed by atoms with Crippen molar-refractivity contribution >= 4 is 28.6 Å². The van der Waals surface area contributed by atoms with Crippen LogP contribution in [0.25, 0.3) is 11.2 Å². The number of anilines is 1. The standard InChI is InChI=1S/C20H28ClN5/c21-19-24-17(22-11-6-14-2-1-3-14)16-18(25-19)23-13-26(16)12-15-4-7-20(8-5-15)9-10-20/h13-15H,1-12H2,(H,22,24,25). The summed E-state index contributed by atoms with van der Waals surface area (Å²) in [5, 5.41) is 3.80. The topological polar surface area (TPSA) is 55.6 Å². The van der Waals surface area contributed by atoms with E-state index in [0.29, 0.717) is 5.65 Å². The molecule has 2 aromatic rings. The average molecular weight is 374 g/mol. The van der Waals surface area contributed by atoms with E-state index in [1.54, 1.807) is 0 Å². The summed E-state index contributed by atoms with van der Waals surface area (Å²) in [6, 6.07) is 0. The first-order valence-corrected chi connectivity index (χ1v) is 10.7. The first kappa shape index (κ1) is 16.8. The van der Waals surface area contributed by atoms with Gasteiger partial charge in [-0.1, -0.05) is 19.3 Å². The van der Waals surface area contributed by atoms with Crippen molar-refractivity contribution in [2.75, 3.05) is 11.9 Å². The van der Waals surface area contributed by atoms with Gasteiger partial charge in [0.2, 0.25) is 5.28 Å². The van der Waals surface area contributed by atoms with E-state index in [0.717, 1.165) is 41.7 Å². The molecule has 0 unspecified atom stereocenters. The van der Waals surface area contributed by atoms with Gasteiger partial charge in [0.15, 0.2) is 11.5 Å². The molecular formula is C20H28ClN5. The first-order valence-electron chi connectivity index (χ1n) is 10.3. The first-order chi connectivity index (χ1) is 12.7. The molecule has 1 spiro atoms. The third-order valence-electron chi connectivity index (χ3n) is 7.09. The summed E-state index contributed by atoms with van der Waals surface area (Å²) in [5.74, 6) is 2.49. The zero-order chi connectivity index (χ0) is 17.6. The van der Waals surface area contributed by atoms with Crippen molar-refractivity contribution in [3.05, 3.63) is 11.6 Å². The van der Waals surface area contributed by atoms with Crippen molar-refractivity contribution < 1.29 is 0 Å². The van der Waals surface area contributed by atoms with Gasteiger partial charge in [-0.3, -0.25) is 0 Å². The number of imidazole rings is 1. The molecule has 3 fully saturated rings. The summed E-state index contributed by atoms with van der Waals surface area (Å²) in [7, 11) is 0. The van der Waals surface area contributed by atoms with E-state index >= 15 is 0 Å². The van der Waals surface area contributed by atoms with Crippen molar-refractivity contribution in [1.29, 1.82) is 0 Å². The van der Waals surface area contributed by atoms with Crippen molar-refractivity contribution in [3.63, 3.8) is 0 Å². The summed E-state index contributed by atoms with van der Waals surface area (Å²) in [4.78, 5) is 13.3.